The fourth-order valence-electron chi connectivity index (χ4n) is 0.802. The lowest BCUT2D eigenvalue weighted by atomic mass is 10.2. The van der Waals surface area contributed by atoms with E-state index in [2.05, 4.69) is 0 Å². The molecular formula is C8H10O3. The standard InChI is InChI=1S/C8H10O3/c1-11-7-4-2-3-6(5-7)8(9)10/h2-5,8-10H,1H3. The van der Waals surface area contributed by atoms with Gasteiger partial charge in [0.15, 0.2) is 6.29 Å². The highest BCUT2D eigenvalue weighted by Crippen LogP contribution is 2.16. The SMILES string of the molecule is COc1cccc(C(O)O)c1. The number of hydrogen-bond donors (Lipinski definition) is 2. The van der Waals surface area contributed by atoms with E-state index in [0.717, 1.165) is 0 Å². The maximum atomic E-state index is 8.74. The van der Waals surface area contributed by atoms with Crippen LogP contribution >= 0.6 is 0 Å². The zero-order chi connectivity index (χ0) is 8.27. The van der Waals surface area contributed by atoms with Crippen molar-refractivity contribution in [3.63, 3.8) is 0 Å². The maximum Gasteiger partial charge on any atom is 0.178 e. The van der Waals surface area contributed by atoms with Crippen LogP contribution in [0, 0.1) is 0 Å². The van der Waals surface area contributed by atoms with Crippen LogP contribution in [0.3, 0.4) is 0 Å². The minimum absolute atomic E-state index is 0.435. The normalized spacial score (nSPS) is 10.2. The van der Waals surface area contributed by atoms with E-state index < -0.39 is 6.29 Å². The van der Waals surface area contributed by atoms with E-state index in [0.29, 0.717) is 11.3 Å². The molecule has 3 nitrogen and oxygen atoms in total. The Kier molecular flexibility index (Phi) is 2.46. The monoisotopic (exact) mass is 154 g/mol. The van der Waals surface area contributed by atoms with Gasteiger partial charge >= 0.3 is 0 Å². The van der Waals surface area contributed by atoms with Crippen LogP contribution in [0.4, 0.5) is 0 Å². The van der Waals surface area contributed by atoms with E-state index >= 15 is 0 Å². The summed E-state index contributed by atoms with van der Waals surface area (Å²) in [6, 6.07) is 6.64. The van der Waals surface area contributed by atoms with Gasteiger partial charge in [0.05, 0.1) is 7.11 Å². The molecule has 1 rings (SSSR count). The van der Waals surface area contributed by atoms with Gasteiger partial charge in [-0.05, 0) is 12.1 Å². The zero-order valence-corrected chi connectivity index (χ0v) is 6.19. The first kappa shape index (κ1) is 8.04. The predicted molar refractivity (Wildman–Crippen MR) is 40.2 cm³/mol. The van der Waals surface area contributed by atoms with Crippen molar-refractivity contribution in [1.29, 1.82) is 0 Å². The molecule has 0 aliphatic carbocycles. The largest absolute Gasteiger partial charge is 0.497 e. The third-order valence-electron chi connectivity index (χ3n) is 1.39. The first-order chi connectivity index (χ1) is 5.24. The Bertz CT molecular complexity index is 233. The first-order valence-electron chi connectivity index (χ1n) is 3.24. The third kappa shape index (κ3) is 1.93. The van der Waals surface area contributed by atoms with Crippen LogP contribution in [-0.2, 0) is 0 Å². The zero-order valence-electron chi connectivity index (χ0n) is 6.19. The number of methoxy groups -OCH3 is 1. The second-order valence-electron chi connectivity index (χ2n) is 2.15. The second-order valence-corrected chi connectivity index (χ2v) is 2.15. The van der Waals surface area contributed by atoms with Gasteiger partial charge in [0.2, 0.25) is 0 Å². The number of hydrogen-bond acceptors (Lipinski definition) is 3. The predicted octanol–water partition coefficient (Wildman–Crippen LogP) is 0.678. The van der Waals surface area contributed by atoms with Crippen LogP contribution < -0.4 is 4.74 Å². The highest BCUT2D eigenvalue weighted by atomic mass is 16.5. The van der Waals surface area contributed by atoms with Gasteiger partial charge in [-0.25, -0.2) is 0 Å². The molecule has 0 aliphatic heterocycles. The van der Waals surface area contributed by atoms with Gasteiger partial charge in [0.25, 0.3) is 0 Å². The molecule has 0 atom stereocenters. The van der Waals surface area contributed by atoms with Gasteiger partial charge in [-0.2, -0.15) is 0 Å². The van der Waals surface area contributed by atoms with Crippen molar-refractivity contribution in [1.82, 2.24) is 0 Å². The molecule has 0 aromatic heterocycles. The van der Waals surface area contributed by atoms with E-state index in [1.54, 1.807) is 24.3 Å². The molecule has 11 heavy (non-hydrogen) atoms. The van der Waals surface area contributed by atoms with Crippen LogP contribution in [0.15, 0.2) is 24.3 Å². The van der Waals surface area contributed by atoms with E-state index in [-0.39, 0.29) is 0 Å². The maximum absolute atomic E-state index is 8.74. The quantitative estimate of drug-likeness (QED) is 0.616. The molecule has 3 heteroatoms. The van der Waals surface area contributed by atoms with Crippen molar-refractivity contribution in [3.05, 3.63) is 29.8 Å². The number of benzene rings is 1. The summed E-state index contributed by atoms with van der Waals surface area (Å²) in [5.74, 6) is 0.621. The van der Waals surface area contributed by atoms with Crippen LogP contribution in [0.25, 0.3) is 0 Å². The van der Waals surface area contributed by atoms with Crippen molar-refractivity contribution in [3.8, 4) is 5.75 Å². The summed E-state index contributed by atoms with van der Waals surface area (Å²) in [5.41, 5.74) is 0.435. The van der Waals surface area contributed by atoms with Gasteiger partial charge in [-0.1, -0.05) is 12.1 Å². The lowest BCUT2D eigenvalue weighted by molar-refractivity contribution is -0.0426. The topological polar surface area (TPSA) is 49.7 Å². The lowest BCUT2D eigenvalue weighted by Crippen LogP contribution is -1.94. The van der Waals surface area contributed by atoms with Crippen LogP contribution in [0.1, 0.15) is 11.9 Å². The molecule has 0 saturated heterocycles. The number of ether oxygens (including phenoxy) is 1. The van der Waals surface area contributed by atoms with Crippen molar-refractivity contribution >= 4 is 0 Å². The molecule has 2 N–H and O–H groups in total. The van der Waals surface area contributed by atoms with Gasteiger partial charge in [0, 0.05) is 5.56 Å². The summed E-state index contributed by atoms with van der Waals surface area (Å²) in [7, 11) is 1.53. The minimum atomic E-state index is -1.43. The van der Waals surface area contributed by atoms with Crippen LogP contribution in [0.2, 0.25) is 0 Å². The van der Waals surface area contributed by atoms with Crippen molar-refractivity contribution in [2.75, 3.05) is 7.11 Å². The average Bonchev–Trinajstić information content (AvgIpc) is 2.05. The molecule has 60 valence electrons. The Morgan fingerprint density at radius 1 is 1.36 bits per heavy atom. The number of rotatable bonds is 2. The molecule has 0 heterocycles. The van der Waals surface area contributed by atoms with Crippen LogP contribution in [-0.4, -0.2) is 17.3 Å². The van der Waals surface area contributed by atoms with Gasteiger partial charge < -0.3 is 14.9 Å². The third-order valence-corrected chi connectivity index (χ3v) is 1.39. The number of aliphatic hydroxyl groups excluding tert-OH is 1. The summed E-state index contributed by atoms with van der Waals surface area (Å²) in [6.45, 7) is 0. The van der Waals surface area contributed by atoms with E-state index in [4.69, 9.17) is 14.9 Å². The molecule has 0 bridgehead atoms. The Morgan fingerprint density at radius 2 is 2.09 bits per heavy atom. The van der Waals surface area contributed by atoms with Crippen molar-refractivity contribution < 1.29 is 14.9 Å². The minimum Gasteiger partial charge on any atom is -0.497 e. The number of aliphatic hydroxyl groups is 2. The molecule has 0 radical (unpaired) electrons. The van der Waals surface area contributed by atoms with E-state index in [1.807, 2.05) is 0 Å². The van der Waals surface area contributed by atoms with E-state index in [1.165, 1.54) is 7.11 Å². The second kappa shape index (κ2) is 3.37. The Morgan fingerprint density at radius 3 is 2.64 bits per heavy atom. The Hall–Kier alpha value is -1.06. The summed E-state index contributed by atoms with van der Waals surface area (Å²) in [5, 5.41) is 17.5. The molecule has 0 aliphatic rings. The highest BCUT2D eigenvalue weighted by molar-refractivity contribution is 5.28. The van der Waals surface area contributed by atoms with Crippen molar-refractivity contribution in [2.45, 2.75) is 6.29 Å². The van der Waals surface area contributed by atoms with Crippen molar-refractivity contribution in [2.24, 2.45) is 0 Å². The molecule has 0 saturated carbocycles. The summed E-state index contributed by atoms with van der Waals surface area (Å²) in [4.78, 5) is 0. The van der Waals surface area contributed by atoms with Gasteiger partial charge in [-0.3, -0.25) is 0 Å². The Labute approximate surface area is 64.9 Å². The molecular weight excluding hydrogens is 144 g/mol. The van der Waals surface area contributed by atoms with E-state index in [9.17, 15) is 0 Å². The fourth-order valence-corrected chi connectivity index (χ4v) is 0.802. The fraction of sp³-hybridized carbons (Fsp3) is 0.250. The highest BCUT2D eigenvalue weighted by Gasteiger charge is 2.01. The summed E-state index contributed by atoms with van der Waals surface area (Å²) < 4.78 is 4.88. The smallest absolute Gasteiger partial charge is 0.178 e. The molecule has 0 spiro atoms. The molecule has 0 amide bonds. The lowest BCUT2D eigenvalue weighted by Gasteiger charge is -2.04. The Balaban J connectivity index is 2.91. The summed E-state index contributed by atoms with van der Waals surface area (Å²) in [6.07, 6.45) is -1.43. The van der Waals surface area contributed by atoms with Crippen LogP contribution in [0.5, 0.6) is 5.75 Å². The molecule has 0 fully saturated rings. The molecule has 1 aromatic rings. The average molecular weight is 154 g/mol. The molecule has 0 unspecified atom stereocenters. The summed E-state index contributed by atoms with van der Waals surface area (Å²) >= 11 is 0. The van der Waals surface area contributed by atoms with Gasteiger partial charge in [0.1, 0.15) is 5.75 Å². The molecule has 1 aromatic carbocycles. The first-order valence-corrected chi connectivity index (χ1v) is 3.24. The van der Waals surface area contributed by atoms with Gasteiger partial charge in [-0.15, -0.1) is 0 Å².